The molecule has 1 aliphatic carbocycles. The summed E-state index contributed by atoms with van der Waals surface area (Å²) >= 11 is 0. The number of rotatable bonds is 2. The molecule has 12 heavy (non-hydrogen) atoms. The average molecular weight is 206 g/mol. The van der Waals surface area contributed by atoms with Gasteiger partial charge in [-0.15, -0.1) is 0 Å². The molecule has 0 bridgehead atoms. The number of hydrogen-bond acceptors (Lipinski definition) is 2. The molecule has 6 heteroatoms. The Morgan fingerprint density at radius 1 is 1.25 bits per heavy atom. The fraction of sp³-hybridized carbons (Fsp3) is 1.00. The van der Waals surface area contributed by atoms with Crippen LogP contribution in [0.25, 0.3) is 0 Å². The van der Waals surface area contributed by atoms with Crippen molar-refractivity contribution in [3.05, 3.63) is 0 Å². The predicted octanol–water partition coefficient (Wildman–Crippen LogP) is 0.556. The molecule has 1 rings (SSSR count). The molecule has 1 fully saturated rings. The molecule has 0 aromatic rings. The van der Waals surface area contributed by atoms with Crippen LogP contribution in [-0.4, -0.2) is 42.1 Å². The Bertz CT molecular complexity index is 219. The Balaban J connectivity index is -0.000000403. The Morgan fingerprint density at radius 2 is 1.75 bits per heavy atom. The minimum absolute atomic E-state index is 0. The molecule has 0 heterocycles. The first-order chi connectivity index (χ1) is 5.08. The molecule has 1 aliphatic rings. The van der Waals surface area contributed by atoms with Crippen LogP contribution >= 0.6 is 0 Å². The summed E-state index contributed by atoms with van der Waals surface area (Å²) in [7, 11) is -3.97. The molecule has 0 saturated heterocycles. The van der Waals surface area contributed by atoms with Crippen LogP contribution in [0.2, 0.25) is 0 Å². The molecule has 0 amide bonds. The van der Waals surface area contributed by atoms with Crippen LogP contribution in [0.5, 0.6) is 0 Å². The van der Waals surface area contributed by atoms with Gasteiger partial charge in [-0.3, -0.25) is 4.55 Å². The van der Waals surface area contributed by atoms with Crippen LogP contribution in [-0.2, 0) is 10.3 Å². The van der Waals surface area contributed by atoms with E-state index in [1.165, 1.54) is 6.42 Å². The van der Waals surface area contributed by atoms with Crippen LogP contribution in [0.15, 0.2) is 0 Å². The smallest absolute Gasteiger partial charge is 1.00 e. The minimum Gasteiger partial charge on any atom is -1.00 e. The van der Waals surface area contributed by atoms with Crippen LogP contribution in [0, 0.1) is 0 Å². The maximum Gasteiger partial charge on any atom is 2.00 e. The van der Waals surface area contributed by atoms with Crippen molar-refractivity contribution in [1.29, 1.82) is 0 Å². The van der Waals surface area contributed by atoms with Crippen LogP contribution in [0.3, 0.4) is 0 Å². The van der Waals surface area contributed by atoms with E-state index in [1.54, 1.807) is 0 Å². The van der Waals surface area contributed by atoms with Crippen molar-refractivity contribution in [3.8, 4) is 0 Å². The van der Waals surface area contributed by atoms with Crippen molar-refractivity contribution >= 4 is 33.4 Å². The summed E-state index contributed by atoms with van der Waals surface area (Å²) in [6.07, 6.45) is 4.96. The van der Waals surface area contributed by atoms with Gasteiger partial charge in [0.15, 0.2) is 0 Å². The molecular formula is C6H15MgNO3S. The van der Waals surface area contributed by atoms with E-state index in [1.807, 2.05) is 0 Å². The summed E-state index contributed by atoms with van der Waals surface area (Å²) in [6.45, 7) is 0. The molecule has 1 saturated carbocycles. The zero-order chi connectivity index (χ0) is 8.32. The van der Waals surface area contributed by atoms with Gasteiger partial charge in [0.05, 0.1) is 0 Å². The largest absolute Gasteiger partial charge is 2.00 e. The van der Waals surface area contributed by atoms with E-state index in [0.29, 0.717) is 0 Å². The van der Waals surface area contributed by atoms with E-state index in [0.717, 1.165) is 25.7 Å². The van der Waals surface area contributed by atoms with Gasteiger partial charge in [0.1, 0.15) is 0 Å². The monoisotopic (exact) mass is 205 g/mol. The topological polar surface area (TPSA) is 66.4 Å². The van der Waals surface area contributed by atoms with Crippen LogP contribution < -0.4 is 4.72 Å². The van der Waals surface area contributed by atoms with Crippen molar-refractivity contribution in [1.82, 2.24) is 4.72 Å². The zero-order valence-corrected chi connectivity index (χ0v) is 9.22. The molecular weight excluding hydrogens is 190 g/mol. The van der Waals surface area contributed by atoms with Crippen molar-refractivity contribution < 1.29 is 15.8 Å². The van der Waals surface area contributed by atoms with Gasteiger partial charge in [-0.1, -0.05) is 19.3 Å². The Kier molecular flexibility index (Phi) is 5.67. The minimum atomic E-state index is -3.97. The summed E-state index contributed by atoms with van der Waals surface area (Å²) < 4.78 is 31.3. The van der Waals surface area contributed by atoms with Crippen LogP contribution in [0.1, 0.15) is 35.0 Å². The normalized spacial score (nSPS) is 20.1. The zero-order valence-electron chi connectivity index (χ0n) is 8.99. The average Bonchev–Trinajstić information content (AvgIpc) is 1.85. The second kappa shape index (κ2) is 5.38. The van der Waals surface area contributed by atoms with Crippen molar-refractivity contribution in [2.75, 3.05) is 0 Å². The van der Waals surface area contributed by atoms with E-state index in [9.17, 15) is 8.42 Å². The van der Waals surface area contributed by atoms with Crippen molar-refractivity contribution in [3.63, 3.8) is 0 Å². The Hall–Kier alpha value is 0.636. The molecule has 0 unspecified atom stereocenters. The van der Waals surface area contributed by atoms with E-state index >= 15 is 0 Å². The van der Waals surface area contributed by atoms with Gasteiger partial charge in [-0.2, -0.15) is 13.1 Å². The number of nitrogens with one attached hydrogen (secondary N) is 1. The predicted molar refractivity (Wildman–Crippen MR) is 49.5 cm³/mol. The molecule has 0 spiro atoms. The maximum absolute atomic E-state index is 10.3. The number of hydrogen-bond donors (Lipinski definition) is 2. The van der Waals surface area contributed by atoms with Gasteiger partial charge in [0.25, 0.3) is 0 Å². The third-order valence-corrected chi connectivity index (χ3v) is 2.55. The molecule has 4 nitrogen and oxygen atoms in total. The van der Waals surface area contributed by atoms with Gasteiger partial charge in [-0.25, -0.2) is 0 Å². The second-order valence-electron chi connectivity index (χ2n) is 2.93. The molecule has 0 aromatic heterocycles. The molecule has 0 aromatic carbocycles. The van der Waals surface area contributed by atoms with E-state index in [-0.39, 0.29) is 31.9 Å². The van der Waals surface area contributed by atoms with Gasteiger partial charge < -0.3 is 2.85 Å². The van der Waals surface area contributed by atoms with Crippen molar-refractivity contribution in [2.45, 2.75) is 38.1 Å². The first-order valence-electron chi connectivity index (χ1n) is 3.83. The molecule has 2 N–H and O–H groups in total. The Morgan fingerprint density at radius 3 is 2.17 bits per heavy atom. The summed E-state index contributed by atoms with van der Waals surface area (Å²) in [5.74, 6) is 0. The maximum atomic E-state index is 10.3. The molecule has 0 aliphatic heterocycles. The molecule has 0 atom stereocenters. The second-order valence-corrected chi connectivity index (χ2v) is 4.11. The Labute approximate surface area is 92.1 Å². The summed E-state index contributed by atoms with van der Waals surface area (Å²) in [5.41, 5.74) is 0. The molecule has 0 radical (unpaired) electrons. The molecule has 70 valence electrons. The van der Waals surface area contributed by atoms with Gasteiger partial charge in [-0.05, 0) is 12.8 Å². The van der Waals surface area contributed by atoms with E-state index < -0.39 is 10.3 Å². The fourth-order valence-electron chi connectivity index (χ4n) is 1.43. The van der Waals surface area contributed by atoms with Gasteiger partial charge in [0.2, 0.25) is 0 Å². The van der Waals surface area contributed by atoms with Gasteiger partial charge in [0, 0.05) is 6.04 Å². The summed E-state index contributed by atoms with van der Waals surface area (Å²) in [4.78, 5) is 0. The third kappa shape index (κ3) is 5.31. The van der Waals surface area contributed by atoms with Crippen LogP contribution in [0.4, 0.5) is 0 Å². The fourth-order valence-corrected chi connectivity index (χ4v) is 2.09. The SMILES string of the molecule is O=S(=O)(O)NC1CCCCC1.[H-].[H-].[Mg+2]. The summed E-state index contributed by atoms with van der Waals surface area (Å²) in [5, 5.41) is 0. The van der Waals surface area contributed by atoms with Gasteiger partial charge >= 0.3 is 33.4 Å². The van der Waals surface area contributed by atoms with E-state index in [4.69, 9.17) is 4.55 Å². The summed E-state index contributed by atoms with van der Waals surface area (Å²) in [6, 6.07) is -0.0428. The first-order valence-corrected chi connectivity index (χ1v) is 5.27. The van der Waals surface area contributed by atoms with Crippen molar-refractivity contribution in [2.24, 2.45) is 0 Å². The first kappa shape index (κ1) is 12.6. The standard InChI is InChI=1S/C6H13NO3S.Mg.2H/c8-11(9,10)7-6-4-2-1-3-5-6;;;/h6-7H,1-5H2,(H,8,9,10);;;/q;+2;2*-1. The van der Waals surface area contributed by atoms with E-state index in [2.05, 4.69) is 4.72 Å². The third-order valence-electron chi connectivity index (χ3n) is 1.92. The quantitative estimate of drug-likeness (QED) is 0.511.